The van der Waals surface area contributed by atoms with E-state index < -0.39 is 0 Å². The number of carbonyl (C=O) groups excluding carboxylic acids is 2. The summed E-state index contributed by atoms with van der Waals surface area (Å²) in [5.74, 6) is 0.255. The van der Waals surface area contributed by atoms with Gasteiger partial charge in [-0.05, 0) is 31.9 Å². The van der Waals surface area contributed by atoms with Crippen LogP contribution in [-0.4, -0.2) is 16.7 Å². The summed E-state index contributed by atoms with van der Waals surface area (Å²) in [5.41, 5.74) is 1.58. The van der Waals surface area contributed by atoms with Gasteiger partial charge in [-0.1, -0.05) is 31.0 Å². The van der Waals surface area contributed by atoms with Crippen molar-refractivity contribution in [2.45, 2.75) is 45.4 Å². The molecule has 0 saturated carbocycles. The van der Waals surface area contributed by atoms with E-state index in [1.54, 1.807) is 13.1 Å². The molecule has 1 aromatic heterocycles. The summed E-state index contributed by atoms with van der Waals surface area (Å²) in [6, 6.07) is 9.64. The van der Waals surface area contributed by atoms with Crippen LogP contribution in [0.3, 0.4) is 0 Å². The van der Waals surface area contributed by atoms with Crippen molar-refractivity contribution in [3.63, 3.8) is 0 Å². The number of Topliss-reactive ketones (excluding diaryl/α,β-unsaturated/α-hetero) is 1. The highest BCUT2D eigenvalue weighted by molar-refractivity contribution is 6.00. The average molecular weight is 298 g/mol. The van der Waals surface area contributed by atoms with Crippen molar-refractivity contribution in [1.29, 1.82) is 0 Å². The number of nitrogens with one attached hydrogen (secondary N) is 1. The van der Waals surface area contributed by atoms with Crippen molar-refractivity contribution in [2.75, 3.05) is 5.32 Å². The highest BCUT2D eigenvalue weighted by atomic mass is 16.1. The van der Waals surface area contributed by atoms with Crippen LogP contribution in [-0.2, 0) is 9.59 Å². The molecule has 1 amide bonds. The molecule has 2 rings (SSSR count). The zero-order valence-corrected chi connectivity index (χ0v) is 13.0. The van der Waals surface area contributed by atoms with Gasteiger partial charge in [0.15, 0.2) is 0 Å². The summed E-state index contributed by atoms with van der Waals surface area (Å²) in [5, 5.41) is 3.96. The number of benzene rings is 1. The van der Waals surface area contributed by atoms with Gasteiger partial charge in [-0.15, -0.1) is 0 Å². The zero-order chi connectivity index (χ0) is 15.8. The molecule has 1 heterocycles. The third-order valence-corrected chi connectivity index (χ3v) is 3.59. The number of amides is 1. The van der Waals surface area contributed by atoms with Gasteiger partial charge in [-0.3, -0.25) is 9.78 Å². The van der Waals surface area contributed by atoms with E-state index in [1.807, 2.05) is 30.3 Å². The number of fused-ring (bicyclic) bond motifs is 1. The highest BCUT2D eigenvalue weighted by Crippen LogP contribution is 2.21. The molecule has 0 unspecified atom stereocenters. The van der Waals surface area contributed by atoms with Crippen LogP contribution in [0, 0.1) is 0 Å². The van der Waals surface area contributed by atoms with Gasteiger partial charge in [-0.2, -0.15) is 0 Å². The third kappa shape index (κ3) is 4.95. The van der Waals surface area contributed by atoms with Crippen LogP contribution in [0.2, 0.25) is 0 Å². The number of hydrogen-bond acceptors (Lipinski definition) is 3. The number of aromatic nitrogens is 1. The summed E-state index contributed by atoms with van der Waals surface area (Å²) in [6.07, 6.45) is 6.63. The van der Waals surface area contributed by atoms with Crippen molar-refractivity contribution in [1.82, 2.24) is 4.98 Å². The smallest absolute Gasteiger partial charge is 0.224 e. The summed E-state index contributed by atoms with van der Waals surface area (Å²) < 4.78 is 0. The van der Waals surface area contributed by atoms with Crippen molar-refractivity contribution < 1.29 is 9.59 Å². The second kappa shape index (κ2) is 8.27. The molecule has 4 heteroatoms. The Kier molecular flexibility index (Phi) is 6.07. The fraction of sp³-hybridized carbons (Fsp3) is 0.389. The van der Waals surface area contributed by atoms with Crippen molar-refractivity contribution >= 4 is 28.3 Å². The van der Waals surface area contributed by atoms with Crippen LogP contribution in [0.5, 0.6) is 0 Å². The van der Waals surface area contributed by atoms with Gasteiger partial charge in [0, 0.05) is 24.4 Å². The number of pyridine rings is 1. The molecule has 4 nitrogen and oxygen atoms in total. The van der Waals surface area contributed by atoms with Gasteiger partial charge < -0.3 is 10.1 Å². The first-order valence-corrected chi connectivity index (χ1v) is 7.80. The number of unbranched alkanes of at least 4 members (excludes halogenated alkanes) is 3. The Labute approximate surface area is 130 Å². The lowest BCUT2D eigenvalue weighted by molar-refractivity contribution is -0.117. The van der Waals surface area contributed by atoms with Crippen LogP contribution in [0.25, 0.3) is 10.9 Å². The zero-order valence-electron chi connectivity index (χ0n) is 13.0. The van der Waals surface area contributed by atoms with Gasteiger partial charge >= 0.3 is 0 Å². The van der Waals surface area contributed by atoms with Crippen LogP contribution in [0.1, 0.15) is 45.4 Å². The van der Waals surface area contributed by atoms with E-state index in [4.69, 9.17) is 0 Å². The Morgan fingerprint density at radius 2 is 1.73 bits per heavy atom. The highest BCUT2D eigenvalue weighted by Gasteiger charge is 2.06. The van der Waals surface area contributed by atoms with E-state index in [1.165, 1.54) is 0 Å². The molecule has 0 fully saturated rings. The molecule has 0 aliphatic rings. The maximum Gasteiger partial charge on any atom is 0.224 e. The van der Waals surface area contributed by atoms with Gasteiger partial charge in [0.25, 0.3) is 0 Å². The monoisotopic (exact) mass is 298 g/mol. The second-order valence-electron chi connectivity index (χ2n) is 5.55. The molecule has 0 spiro atoms. The Balaban J connectivity index is 1.78. The van der Waals surface area contributed by atoms with Crippen LogP contribution in [0.15, 0.2) is 36.5 Å². The minimum Gasteiger partial charge on any atom is -0.324 e. The van der Waals surface area contributed by atoms with Crippen molar-refractivity contribution in [2.24, 2.45) is 0 Å². The van der Waals surface area contributed by atoms with E-state index in [-0.39, 0.29) is 11.7 Å². The predicted octanol–water partition coefficient (Wildman–Crippen LogP) is 4.10. The Morgan fingerprint density at radius 3 is 2.50 bits per heavy atom. The lowest BCUT2D eigenvalue weighted by Crippen LogP contribution is -2.11. The topological polar surface area (TPSA) is 59.1 Å². The molecule has 0 aliphatic heterocycles. The summed E-state index contributed by atoms with van der Waals surface area (Å²) in [7, 11) is 0. The summed E-state index contributed by atoms with van der Waals surface area (Å²) in [6.45, 7) is 1.62. The standard InChI is InChI=1S/C18H22N2O2/c1-14(21)8-4-2-3-5-12-17(22)20-16-11-6-9-15-10-7-13-19-18(15)16/h6-7,9-11,13H,2-5,8,12H2,1H3,(H,20,22). The van der Waals surface area contributed by atoms with Crippen LogP contribution >= 0.6 is 0 Å². The van der Waals surface area contributed by atoms with E-state index in [0.29, 0.717) is 12.8 Å². The molecular weight excluding hydrogens is 276 g/mol. The molecule has 0 radical (unpaired) electrons. The molecule has 1 N–H and O–H groups in total. The van der Waals surface area contributed by atoms with E-state index in [9.17, 15) is 9.59 Å². The van der Waals surface area contributed by atoms with Crippen LogP contribution < -0.4 is 5.32 Å². The number of anilines is 1. The van der Waals surface area contributed by atoms with Crippen molar-refractivity contribution in [3.05, 3.63) is 36.5 Å². The SMILES string of the molecule is CC(=O)CCCCCCC(=O)Nc1cccc2cccnc12. The Bertz CT molecular complexity index is 647. The molecule has 0 bridgehead atoms. The quantitative estimate of drug-likeness (QED) is 0.746. The fourth-order valence-electron chi connectivity index (χ4n) is 2.43. The van der Waals surface area contributed by atoms with E-state index in [2.05, 4.69) is 10.3 Å². The molecule has 0 saturated heterocycles. The molecule has 22 heavy (non-hydrogen) atoms. The van der Waals surface area contributed by atoms with E-state index in [0.717, 1.165) is 42.3 Å². The average Bonchev–Trinajstić information content (AvgIpc) is 2.51. The lowest BCUT2D eigenvalue weighted by Gasteiger charge is -2.07. The van der Waals surface area contributed by atoms with E-state index >= 15 is 0 Å². The van der Waals surface area contributed by atoms with Gasteiger partial charge in [0.05, 0.1) is 11.2 Å². The lowest BCUT2D eigenvalue weighted by atomic mass is 10.1. The van der Waals surface area contributed by atoms with Gasteiger partial charge in [0.2, 0.25) is 5.91 Å². The minimum absolute atomic E-state index is 0.0183. The second-order valence-corrected chi connectivity index (χ2v) is 5.55. The number of carbonyl (C=O) groups is 2. The number of nitrogens with zero attached hydrogens (tertiary/aromatic N) is 1. The number of hydrogen-bond donors (Lipinski definition) is 1. The fourth-order valence-corrected chi connectivity index (χ4v) is 2.43. The normalized spacial score (nSPS) is 10.6. The molecule has 0 atom stereocenters. The number of rotatable bonds is 8. The molecule has 1 aromatic carbocycles. The first-order valence-electron chi connectivity index (χ1n) is 7.80. The molecular formula is C18H22N2O2. The first kappa shape index (κ1) is 16.1. The van der Waals surface area contributed by atoms with Gasteiger partial charge in [-0.25, -0.2) is 0 Å². The first-order chi connectivity index (χ1) is 10.7. The maximum atomic E-state index is 12.0. The Morgan fingerprint density at radius 1 is 1.00 bits per heavy atom. The molecule has 116 valence electrons. The maximum absolute atomic E-state index is 12.0. The number of ketones is 1. The number of para-hydroxylation sites is 1. The summed E-state index contributed by atoms with van der Waals surface area (Å²) in [4.78, 5) is 27.2. The minimum atomic E-state index is 0.0183. The molecule has 0 aliphatic carbocycles. The molecule has 2 aromatic rings. The predicted molar refractivity (Wildman–Crippen MR) is 88.8 cm³/mol. The summed E-state index contributed by atoms with van der Waals surface area (Å²) >= 11 is 0. The third-order valence-electron chi connectivity index (χ3n) is 3.59. The van der Waals surface area contributed by atoms with Crippen molar-refractivity contribution in [3.8, 4) is 0 Å². The Hall–Kier alpha value is -2.23. The van der Waals surface area contributed by atoms with Gasteiger partial charge in [0.1, 0.15) is 5.78 Å². The van der Waals surface area contributed by atoms with Crippen LogP contribution in [0.4, 0.5) is 5.69 Å². The largest absolute Gasteiger partial charge is 0.324 e.